The van der Waals surface area contributed by atoms with E-state index < -0.39 is 0 Å². The second-order valence-corrected chi connectivity index (χ2v) is 5.21. The normalized spacial score (nSPS) is 12.0. The zero-order chi connectivity index (χ0) is 15.2. The lowest BCUT2D eigenvalue weighted by atomic mass is 10.2. The minimum Gasteiger partial charge on any atom is -0.482 e. The van der Waals surface area contributed by atoms with Crippen LogP contribution in [0.4, 0.5) is 0 Å². The Balaban J connectivity index is 1.89. The largest absolute Gasteiger partial charge is 0.482 e. The first kappa shape index (κ1) is 15.7. The van der Waals surface area contributed by atoms with E-state index in [2.05, 4.69) is 15.3 Å². The van der Waals surface area contributed by atoms with Crippen LogP contribution < -0.4 is 10.1 Å². The summed E-state index contributed by atoms with van der Waals surface area (Å²) in [5.41, 5.74) is 0. The number of rotatable bonds is 6. The first-order valence-electron chi connectivity index (χ1n) is 6.46. The molecule has 1 unspecified atom stereocenters. The van der Waals surface area contributed by atoms with Crippen LogP contribution in [0.2, 0.25) is 10.0 Å². The molecule has 0 aliphatic rings. The minimum atomic E-state index is -0.246. The molecule has 0 aliphatic heterocycles. The van der Waals surface area contributed by atoms with Gasteiger partial charge in [0.05, 0.1) is 11.1 Å². The van der Waals surface area contributed by atoms with E-state index in [1.165, 1.54) is 0 Å². The van der Waals surface area contributed by atoms with Crippen LogP contribution in [0.5, 0.6) is 5.75 Å². The molecule has 0 saturated heterocycles. The summed E-state index contributed by atoms with van der Waals surface area (Å²) in [6.45, 7) is 1.84. The number of benzene rings is 1. The number of nitrogens with one attached hydrogen (secondary N) is 2. The molecule has 0 spiro atoms. The number of ether oxygens (including phenoxy) is 1. The van der Waals surface area contributed by atoms with Crippen LogP contribution in [-0.4, -0.2) is 22.5 Å². The third-order valence-corrected chi connectivity index (χ3v) is 3.38. The smallest absolute Gasteiger partial charge is 0.258 e. The van der Waals surface area contributed by atoms with Gasteiger partial charge in [-0.05, 0) is 24.6 Å². The Morgan fingerprint density at radius 1 is 1.48 bits per heavy atom. The summed E-state index contributed by atoms with van der Waals surface area (Å²) in [5, 5.41) is 3.73. The molecular formula is C14H15Cl2N3O2. The molecule has 1 heterocycles. The first-order valence-corrected chi connectivity index (χ1v) is 7.22. The van der Waals surface area contributed by atoms with Gasteiger partial charge < -0.3 is 15.0 Å². The molecule has 7 heteroatoms. The number of nitrogens with zero attached hydrogens (tertiary/aromatic N) is 1. The maximum atomic E-state index is 11.9. The van der Waals surface area contributed by atoms with Crippen LogP contribution in [-0.2, 0) is 4.79 Å². The van der Waals surface area contributed by atoms with Gasteiger partial charge in [-0.1, -0.05) is 30.1 Å². The van der Waals surface area contributed by atoms with E-state index in [-0.39, 0.29) is 18.6 Å². The van der Waals surface area contributed by atoms with Crippen molar-refractivity contribution < 1.29 is 9.53 Å². The number of carbonyl (C=O) groups is 1. The number of halogens is 2. The summed E-state index contributed by atoms with van der Waals surface area (Å²) in [7, 11) is 0. The van der Waals surface area contributed by atoms with E-state index in [0.29, 0.717) is 15.8 Å². The molecule has 0 fully saturated rings. The van der Waals surface area contributed by atoms with Gasteiger partial charge in [0.25, 0.3) is 5.91 Å². The van der Waals surface area contributed by atoms with Gasteiger partial charge in [0, 0.05) is 17.4 Å². The van der Waals surface area contributed by atoms with Gasteiger partial charge in [-0.25, -0.2) is 4.98 Å². The molecule has 0 aliphatic carbocycles. The standard InChI is InChI=1S/C14H15Cl2N3O2/c1-2-11(14-17-5-6-18-14)19-13(20)8-21-12-4-3-9(15)7-10(12)16/h3-7,11H,2,8H2,1H3,(H,17,18)(H,19,20). The quantitative estimate of drug-likeness (QED) is 0.854. The molecular weight excluding hydrogens is 313 g/mol. The van der Waals surface area contributed by atoms with Crippen molar-refractivity contribution in [3.63, 3.8) is 0 Å². The van der Waals surface area contributed by atoms with Crippen molar-refractivity contribution >= 4 is 29.1 Å². The molecule has 2 rings (SSSR count). The predicted molar refractivity (Wildman–Crippen MR) is 81.7 cm³/mol. The highest BCUT2D eigenvalue weighted by Gasteiger charge is 2.15. The number of hydrogen-bond acceptors (Lipinski definition) is 3. The highest BCUT2D eigenvalue weighted by molar-refractivity contribution is 6.35. The monoisotopic (exact) mass is 327 g/mol. The number of aromatic amines is 1. The highest BCUT2D eigenvalue weighted by Crippen LogP contribution is 2.27. The third-order valence-electron chi connectivity index (χ3n) is 2.85. The summed E-state index contributed by atoms with van der Waals surface area (Å²) in [6, 6.07) is 4.67. The summed E-state index contributed by atoms with van der Waals surface area (Å²) >= 11 is 11.8. The van der Waals surface area contributed by atoms with Crippen LogP contribution in [0.3, 0.4) is 0 Å². The topological polar surface area (TPSA) is 67.0 Å². The van der Waals surface area contributed by atoms with Gasteiger partial charge in [0.15, 0.2) is 6.61 Å². The number of aromatic nitrogens is 2. The molecule has 21 heavy (non-hydrogen) atoms. The summed E-state index contributed by atoms with van der Waals surface area (Å²) in [6.07, 6.45) is 4.09. The predicted octanol–water partition coefficient (Wildman–Crippen LogP) is 3.36. The molecule has 0 radical (unpaired) electrons. The van der Waals surface area contributed by atoms with Crippen molar-refractivity contribution in [1.82, 2.24) is 15.3 Å². The van der Waals surface area contributed by atoms with Crippen LogP contribution in [0.15, 0.2) is 30.6 Å². The molecule has 1 amide bonds. The molecule has 1 aromatic carbocycles. The zero-order valence-corrected chi connectivity index (χ0v) is 12.9. The van der Waals surface area contributed by atoms with E-state index in [9.17, 15) is 4.79 Å². The molecule has 1 atom stereocenters. The van der Waals surface area contributed by atoms with Crippen molar-refractivity contribution in [2.45, 2.75) is 19.4 Å². The average molecular weight is 328 g/mol. The van der Waals surface area contributed by atoms with Gasteiger partial charge in [-0.15, -0.1) is 0 Å². The number of carbonyl (C=O) groups excluding carboxylic acids is 1. The summed E-state index contributed by atoms with van der Waals surface area (Å²) in [4.78, 5) is 19.0. The van der Waals surface area contributed by atoms with Crippen LogP contribution >= 0.6 is 23.2 Å². The maximum absolute atomic E-state index is 11.9. The average Bonchev–Trinajstić information content (AvgIpc) is 2.98. The third kappa shape index (κ3) is 4.37. The van der Waals surface area contributed by atoms with Gasteiger partial charge in [0.2, 0.25) is 0 Å². The van der Waals surface area contributed by atoms with Crippen molar-refractivity contribution in [1.29, 1.82) is 0 Å². The first-order chi connectivity index (χ1) is 10.1. The van der Waals surface area contributed by atoms with E-state index in [1.54, 1.807) is 30.6 Å². The second-order valence-electron chi connectivity index (χ2n) is 4.37. The Morgan fingerprint density at radius 3 is 2.90 bits per heavy atom. The highest BCUT2D eigenvalue weighted by atomic mass is 35.5. The molecule has 2 aromatic rings. The SMILES string of the molecule is CCC(NC(=O)COc1ccc(Cl)cc1Cl)c1ncc[nH]1. The van der Waals surface area contributed by atoms with Gasteiger partial charge in [-0.3, -0.25) is 4.79 Å². The zero-order valence-electron chi connectivity index (χ0n) is 11.4. The Kier molecular flexibility index (Phi) is 5.47. The fourth-order valence-electron chi connectivity index (χ4n) is 1.80. The minimum absolute atomic E-state index is 0.126. The van der Waals surface area contributed by atoms with Gasteiger partial charge in [-0.2, -0.15) is 0 Å². The number of amides is 1. The number of imidazole rings is 1. The van der Waals surface area contributed by atoms with Crippen LogP contribution in [0, 0.1) is 0 Å². The summed E-state index contributed by atoms with van der Waals surface area (Å²) < 4.78 is 5.38. The molecule has 1 aromatic heterocycles. The van der Waals surface area contributed by atoms with E-state index in [0.717, 1.165) is 12.2 Å². The Hall–Kier alpha value is -1.72. The van der Waals surface area contributed by atoms with Gasteiger partial charge in [0.1, 0.15) is 11.6 Å². The lowest BCUT2D eigenvalue weighted by Gasteiger charge is -2.15. The fraction of sp³-hybridized carbons (Fsp3) is 0.286. The number of H-pyrrole nitrogens is 1. The van der Waals surface area contributed by atoms with E-state index in [4.69, 9.17) is 27.9 Å². The summed E-state index contributed by atoms with van der Waals surface area (Å²) in [5.74, 6) is 0.891. The lowest BCUT2D eigenvalue weighted by Crippen LogP contribution is -2.33. The molecule has 5 nitrogen and oxygen atoms in total. The van der Waals surface area contributed by atoms with Crippen molar-refractivity contribution in [3.05, 3.63) is 46.5 Å². The molecule has 2 N–H and O–H groups in total. The maximum Gasteiger partial charge on any atom is 0.258 e. The van der Waals surface area contributed by atoms with Crippen molar-refractivity contribution in [2.75, 3.05) is 6.61 Å². The van der Waals surface area contributed by atoms with Gasteiger partial charge >= 0.3 is 0 Å². The molecule has 0 saturated carbocycles. The Morgan fingerprint density at radius 2 is 2.29 bits per heavy atom. The van der Waals surface area contributed by atoms with E-state index >= 15 is 0 Å². The molecule has 112 valence electrons. The van der Waals surface area contributed by atoms with Crippen LogP contribution in [0.1, 0.15) is 25.2 Å². The Bertz CT molecular complexity index is 602. The van der Waals surface area contributed by atoms with E-state index in [1.807, 2.05) is 6.92 Å². The van der Waals surface area contributed by atoms with Crippen molar-refractivity contribution in [3.8, 4) is 5.75 Å². The van der Waals surface area contributed by atoms with Crippen LogP contribution in [0.25, 0.3) is 0 Å². The van der Waals surface area contributed by atoms with Crippen molar-refractivity contribution in [2.24, 2.45) is 0 Å². The fourth-order valence-corrected chi connectivity index (χ4v) is 2.27. The molecule has 0 bridgehead atoms. The Labute approximate surface area is 132 Å². The lowest BCUT2D eigenvalue weighted by molar-refractivity contribution is -0.123. The number of hydrogen-bond donors (Lipinski definition) is 2. The second kappa shape index (κ2) is 7.33.